The molecule has 0 spiro atoms. The van der Waals surface area contributed by atoms with E-state index < -0.39 is 0 Å². The van der Waals surface area contributed by atoms with Gasteiger partial charge < -0.3 is 10.1 Å². The molecule has 4 aromatic rings. The molecule has 0 atom stereocenters. The van der Waals surface area contributed by atoms with Crippen LogP contribution in [0.2, 0.25) is 0 Å². The molecule has 3 heterocycles. The van der Waals surface area contributed by atoms with E-state index in [9.17, 15) is 0 Å². The lowest BCUT2D eigenvalue weighted by atomic mass is 10.1. The van der Waals surface area contributed by atoms with Gasteiger partial charge in [0.2, 0.25) is 0 Å². The number of benzene rings is 1. The van der Waals surface area contributed by atoms with Gasteiger partial charge in [0.15, 0.2) is 0 Å². The van der Waals surface area contributed by atoms with Crippen LogP contribution < -0.4 is 10.1 Å². The number of imidazole rings is 1. The topological polar surface area (TPSA) is 95.6 Å². The van der Waals surface area contributed by atoms with Crippen molar-refractivity contribution in [2.24, 2.45) is 13.0 Å². The Balaban J connectivity index is 1.37. The van der Waals surface area contributed by atoms with Crippen LogP contribution in [0.5, 0.6) is 6.01 Å². The summed E-state index contributed by atoms with van der Waals surface area (Å²) < 4.78 is 9.46. The number of nitrogens with zero attached hydrogens (tertiary/aromatic N) is 7. The lowest BCUT2D eigenvalue weighted by Gasteiger charge is -2.15. The second-order valence-corrected chi connectivity index (χ2v) is 7.76. The molecular weight excluding hydrogens is 392 g/mol. The number of tetrazole rings is 1. The molecule has 0 aliphatic heterocycles. The molecule has 0 radical (unpaired) electrons. The third-order valence-corrected chi connectivity index (χ3v) is 5.62. The minimum absolute atomic E-state index is 0.264. The highest BCUT2D eigenvalue weighted by molar-refractivity contribution is 5.78. The van der Waals surface area contributed by atoms with E-state index in [0.29, 0.717) is 17.9 Å². The summed E-state index contributed by atoms with van der Waals surface area (Å²) >= 11 is 0. The zero-order valence-electron chi connectivity index (χ0n) is 17.4. The van der Waals surface area contributed by atoms with Gasteiger partial charge in [0.25, 0.3) is 5.95 Å². The maximum Gasteiger partial charge on any atom is 0.305 e. The number of anilines is 1. The number of ether oxygens (including phenoxy) is 1. The zero-order chi connectivity index (χ0) is 21.2. The molecule has 0 amide bonds. The van der Waals surface area contributed by atoms with Gasteiger partial charge >= 0.3 is 6.01 Å². The normalized spacial score (nSPS) is 14.2. The van der Waals surface area contributed by atoms with Crippen molar-refractivity contribution >= 4 is 16.9 Å². The van der Waals surface area contributed by atoms with Gasteiger partial charge in [-0.2, -0.15) is 4.98 Å². The van der Waals surface area contributed by atoms with Crippen molar-refractivity contribution < 1.29 is 4.74 Å². The maximum atomic E-state index is 6.08. The van der Waals surface area contributed by atoms with Crippen molar-refractivity contribution in [3.8, 4) is 12.0 Å². The molecule has 1 aromatic carbocycles. The Labute approximate surface area is 179 Å². The molecule has 158 valence electrons. The number of para-hydroxylation sites is 2. The Morgan fingerprint density at radius 1 is 1.13 bits per heavy atom. The second-order valence-electron chi connectivity index (χ2n) is 7.76. The predicted octanol–water partition coefficient (Wildman–Crippen LogP) is 3.64. The molecule has 9 heteroatoms. The van der Waals surface area contributed by atoms with E-state index >= 15 is 0 Å². The van der Waals surface area contributed by atoms with Crippen LogP contribution >= 0.6 is 0 Å². The minimum atomic E-state index is 0.264. The van der Waals surface area contributed by atoms with E-state index in [1.165, 1.54) is 25.7 Å². The number of rotatable bonds is 7. The molecule has 1 N–H and O–H groups in total. The quantitative estimate of drug-likeness (QED) is 0.491. The zero-order valence-corrected chi connectivity index (χ0v) is 17.4. The first-order chi connectivity index (χ1) is 15.2. The first kappa shape index (κ1) is 19.2. The van der Waals surface area contributed by atoms with Crippen LogP contribution in [0, 0.1) is 5.92 Å². The van der Waals surface area contributed by atoms with Gasteiger partial charge in [-0.1, -0.05) is 42.7 Å². The first-order valence-electron chi connectivity index (χ1n) is 10.4. The highest BCUT2D eigenvalue weighted by atomic mass is 16.5. The largest absolute Gasteiger partial charge is 0.458 e. The summed E-state index contributed by atoms with van der Waals surface area (Å²) in [5.41, 5.74) is 3.50. The number of nitrogens with one attached hydrogen (secondary N) is 1. The number of aryl methyl sites for hydroxylation is 1. The van der Waals surface area contributed by atoms with E-state index in [1.54, 1.807) is 16.3 Å². The van der Waals surface area contributed by atoms with Gasteiger partial charge in [-0.15, -0.1) is 0 Å². The van der Waals surface area contributed by atoms with Gasteiger partial charge in [0.1, 0.15) is 12.4 Å². The van der Waals surface area contributed by atoms with Crippen LogP contribution in [0.4, 0.5) is 5.82 Å². The van der Waals surface area contributed by atoms with E-state index in [4.69, 9.17) is 4.74 Å². The summed E-state index contributed by atoms with van der Waals surface area (Å²) in [6.07, 6.45) is 4.94. The number of allylic oxidation sites excluding steroid dienone is 1. The average molecular weight is 416 g/mol. The molecule has 5 rings (SSSR count). The molecule has 1 aliphatic carbocycles. The molecule has 1 saturated carbocycles. The Bertz CT molecular complexity index is 1220. The maximum absolute atomic E-state index is 6.08. The molecule has 1 fully saturated rings. The van der Waals surface area contributed by atoms with Crippen LogP contribution in [0.15, 0.2) is 54.7 Å². The average Bonchev–Trinajstić information content (AvgIpc) is 3.52. The van der Waals surface area contributed by atoms with E-state index in [2.05, 4.69) is 37.4 Å². The van der Waals surface area contributed by atoms with Crippen LogP contribution in [-0.4, -0.2) is 34.7 Å². The van der Waals surface area contributed by atoms with Crippen molar-refractivity contribution in [2.45, 2.75) is 32.3 Å². The smallest absolute Gasteiger partial charge is 0.305 e. The lowest BCUT2D eigenvalue weighted by molar-refractivity contribution is 0.272. The van der Waals surface area contributed by atoms with Gasteiger partial charge in [0.05, 0.1) is 16.7 Å². The summed E-state index contributed by atoms with van der Waals surface area (Å²) in [5.74, 6) is 1.84. The summed E-state index contributed by atoms with van der Waals surface area (Å²) in [5, 5.41) is 15.2. The fourth-order valence-electron chi connectivity index (χ4n) is 4.02. The van der Waals surface area contributed by atoms with E-state index in [-0.39, 0.29) is 6.61 Å². The molecule has 31 heavy (non-hydrogen) atoms. The first-order valence-corrected chi connectivity index (χ1v) is 10.4. The Morgan fingerprint density at radius 3 is 2.77 bits per heavy atom. The number of pyridine rings is 1. The van der Waals surface area contributed by atoms with Crippen molar-refractivity contribution in [1.29, 1.82) is 0 Å². The fraction of sp³-hybridized carbons (Fsp3) is 0.318. The van der Waals surface area contributed by atoms with Gasteiger partial charge in [-0.05, 0) is 53.5 Å². The fourth-order valence-corrected chi connectivity index (χ4v) is 4.02. The van der Waals surface area contributed by atoms with Crippen LogP contribution in [0.1, 0.15) is 31.4 Å². The molecule has 1 aliphatic rings. The van der Waals surface area contributed by atoms with Crippen LogP contribution in [0.3, 0.4) is 0 Å². The van der Waals surface area contributed by atoms with Crippen LogP contribution in [0.25, 0.3) is 17.0 Å². The summed E-state index contributed by atoms with van der Waals surface area (Å²) in [6.45, 7) is 4.47. The van der Waals surface area contributed by atoms with Crippen molar-refractivity contribution in [2.75, 3.05) is 5.32 Å². The van der Waals surface area contributed by atoms with Crippen molar-refractivity contribution in [1.82, 2.24) is 34.7 Å². The third kappa shape index (κ3) is 3.86. The number of aromatic nitrogens is 7. The summed E-state index contributed by atoms with van der Waals surface area (Å²) in [4.78, 5) is 9.31. The Morgan fingerprint density at radius 2 is 1.97 bits per heavy atom. The lowest BCUT2D eigenvalue weighted by Crippen LogP contribution is -2.10. The molecule has 9 nitrogen and oxygen atoms in total. The van der Waals surface area contributed by atoms with Gasteiger partial charge in [-0.3, -0.25) is 0 Å². The summed E-state index contributed by atoms with van der Waals surface area (Å²) in [7, 11) is 1.78. The Hall–Kier alpha value is -3.75. The number of hydrogen-bond donors (Lipinski definition) is 1. The van der Waals surface area contributed by atoms with Crippen molar-refractivity contribution in [3.05, 3.63) is 60.4 Å². The molecule has 3 aromatic heterocycles. The standard InChI is InChI=1S/C22H24N8O/c1-15(16-8-3-4-9-16)23-20-13-7-10-17(24-20)14-31-22-25-18-11-5-6-12-19(18)30(22)21-26-27-28-29(21)2/h5-7,10-13,16H,1,3-4,8-9,14H2,2H3,(H,23,24). The monoisotopic (exact) mass is 416 g/mol. The highest BCUT2D eigenvalue weighted by Gasteiger charge is 2.19. The predicted molar refractivity (Wildman–Crippen MR) is 117 cm³/mol. The summed E-state index contributed by atoms with van der Waals surface area (Å²) in [6, 6.07) is 14.0. The number of fused-ring (bicyclic) bond motifs is 1. The van der Waals surface area contributed by atoms with Crippen LogP contribution in [-0.2, 0) is 13.7 Å². The third-order valence-electron chi connectivity index (χ3n) is 5.62. The highest BCUT2D eigenvalue weighted by Crippen LogP contribution is 2.30. The molecule has 0 unspecified atom stereocenters. The Kier molecular flexibility index (Phi) is 5.07. The number of hydrogen-bond acceptors (Lipinski definition) is 7. The SMILES string of the molecule is C=C(Nc1cccc(COc2nc3ccccc3n2-c2nnnn2C)n1)C1CCCC1. The van der Waals surface area contributed by atoms with E-state index in [0.717, 1.165) is 28.2 Å². The van der Waals surface area contributed by atoms with E-state index in [1.807, 2.05) is 42.5 Å². The molecule has 0 saturated heterocycles. The minimum Gasteiger partial charge on any atom is -0.458 e. The molecular formula is C22H24N8O. The van der Waals surface area contributed by atoms with Gasteiger partial charge in [-0.25, -0.2) is 14.2 Å². The molecule has 0 bridgehead atoms. The van der Waals surface area contributed by atoms with Gasteiger partial charge in [0, 0.05) is 12.7 Å². The second kappa shape index (κ2) is 8.17. The van der Waals surface area contributed by atoms with Crippen molar-refractivity contribution in [3.63, 3.8) is 0 Å².